The lowest BCUT2D eigenvalue weighted by Crippen LogP contribution is -2.55. The summed E-state index contributed by atoms with van der Waals surface area (Å²) in [5.41, 5.74) is 11.4. The average Bonchev–Trinajstić information content (AvgIpc) is 3.28. The number of likely N-dealkylation sites (tertiary alicyclic amines) is 1. The smallest absolute Gasteiger partial charge is 0.246 e. The van der Waals surface area contributed by atoms with E-state index in [4.69, 9.17) is 11.5 Å². The van der Waals surface area contributed by atoms with E-state index in [1.807, 2.05) is 13.8 Å². The van der Waals surface area contributed by atoms with Crippen molar-refractivity contribution in [1.29, 1.82) is 0 Å². The number of phenolic OH excluding ortho intramolecular Hbond substituents is 1. The molecule has 11 nitrogen and oxygen atoms in total. The van der Waals surface area contributed by atoms with E-state index in [0.29, 0.717) is 45.1 Å². The van der Waals surface area contributed by atoms with Crippen molar-refractivity contribution in [3.63, 3.8) is 0 Å². The fourth-order valence-electron chi connectivity index (χ4n) is 4.58. The molecule has 0 spiro atoms. The van der Waals surface area contributed by atoms with E-state index in [2.05, 4.69) is 15.6 Å². The molecule has 1 aliphatic rings. The summed E-state index contributed by atoms with van der Waals surface area (Å²) in [6, 6.07) is 4.12. The highest BCUT2D eigenvalue weighted by molar-refractivity contribution is 5.93. The molecule has 0 saturated carbocycles. The van der Waals surface area contributed by atoms with Crippen LogP contribution in [0, 0.1) is 5.92 Å². The summed E-state index contributed by atoms with van der Waals surface area (Å²) in [5.74, 6) is -0.828. The van der Waals surface area contributed by atoms with Crippen molar-refractivity contribution in [1.82, 2.24) is 15.5 Å². The zero-order valence-electron chi connectivity index (χ0n) is 22.4. The standard InChI is InChI=1S/C27H42N6O5/c1-3-4-5-8-24(36)32-22(15-19-9-11-21(35)12-10-19)26(38)33-16-18(2)14-23(33)25(37)31-20(17-34)7-6-13-30-27(28)29/h9-12,17-18,20,22-23,35H,3-8,13-16H2,1-2H3,(H,31,37)(H,32,36)(H4,28,29,30)/t18-,20?,22-,23-/m0/s1. The molecule has 1 saturated heterocycles. The van der Waals surface area contributed by atoms with Crippen molar-refractivity contribution in [2.24, 2.45) is 22.4 Å². The van der Waals surface area contributed by atoms with Gasteiger partial charge < -0.3 is 36.9 Å². The van der Waals surface area contributed by atoms with Crippen molar-refractivity contribution >= 4 is 30.0 Å². The number of carbonyl (C=O) groups excluding carboxylic acids is 4. The number of phenols is 1. The number of carbonyl (C=O) groups is 4. The Morgan fingerprint density at radius 1 is 1.16 bits per heavy atom. The minimum atomic E-state index is -0.865. The van der Waals surface area contributed by atoms with Crippen LogP contribution in [0.15, 0.2) is 29.3 Å². The van der Waals surface area contributed by atoms with Crippen molar-refractivity contribution in [3.05, 3.63) is 29.8 Å². The van der Waals surface area contributed by atoms with Crippen LogP contribution in [0.1, 0.15) is 64.4 Å². The van der Waals surface area contributed by atoms with Gasteiger partial charge in [-0.2, -0.15) is 0 Å². The molecule has 1 unspecified atom stereocenters. The quantitative estimate of drug-likeness (QED) is 0.0969. The van der Waals surface area contributed by atoms with Crippen LogP contribution in [0.25, 0.3) is 0 Å². The van der Waals surface area contributed by atoms with E-state index in [-0.39, 0.29) is 35.9 Å². The second-order valence-corrected chi connectivity index (χ2v) is 10.00. The molecule has 3 amide bonds. The van der Waals surface area contributed by atoms with Gasteiger partial charge in [0.2, 0.25) is 17.7 Å². The number of rotatable bonds is 15. The number of aldehydes is 1. The molecule has 210 valence electrons. The third kappa shape index (κ3) is 10.0. The van der Waals surface area contributed by atoms with E-state index in [9.17, 15) is 24.3 Å². The van der Waals surface area contributed by atoms with E-state index in [1.54, 1.807) is 12.1 Å². The number of amides is 3. The maximum Gasteiger partial charge on any atom is 0.246 e. The first-order chi connectivity index (χ1) is 18.1. The third-order valence-electron chi connectivity index (χ3n) is 6.57. The Hall–Kier alpha value is -3.63. The van der Waals surface area contributed by atoms with Gasteiger partial charge >= 0.3 is 0 Å². The molecule has 4 atom stereocenters. The molecule has 0 bridgehead atoms. The van der Waals surface area contributed by atoms with Crippen LogP contribution >= 0.6 is 0 Å². The second kappa shape index (κ2) is 15.6. The predicted octanol–water partition coefficient (Wildman–Crippen LogP) is 0.974. The molecular formula is C27H42N6O5. The number of aromatic hydroxyl groups is 1. The van der Waals surface area contributed by atoms with Gasteiger partial charge in [0, 0.05) is 25.9 Å². The molecule has 11 heteroatoms. The number of hydrogen-bond donors (Lipinski definition) is 5. The maximum absolute atomic E-state index is 13.7. The molecule has 2 rings (SSSR count). The summed E-state index contributed by atoms with van der Waals surface area (Å²) < 4.78 is 0. The topological polar surface area (TPSA) is 180 Å². The van der Waals surface area contributed by atoms with E-state index < -0.39 is 24.0 Å². The van der Waals surface area contributed by atoms with Crippen LogP contribution in [-0.2, 0) is 25.6 Å². The lowest BCUT2D eigenvalue weighted by molar-refractivity contribution is -0.141. The largest absolute Gasteiger partial charge is 0.508 e. The van der Waals surface area contributed by atoms with Crippen LogP contribution in [0.4, 0.5) is 0 Å². The van der Waals surface area contributed by atoms with Gasteiger partial charge in [-0.15, -0.1) is 0 Å². The Bertz CT molecular complexity index is 963. The SMILES string of the molecule is CCCCCC(=O)N[C@@H](Cc1ccc(O)cc1)C(=O)N1C[C@@H](C)C[C@H]1C(=O)NC(C=O)CCCN=C(N)N. The molecule has 0 aromatic heterocycles. The normalized spacial score (nSPS) is 18.3. The average molecular weight is 531 g/mol. The summed E-state index contributed by atoms with van der Waals surface area (Å²) in [5, 5.41) is 15.2. The Labute approximate surface area is 224 Å². The van der Waals surface area contributed by atoms with Crippen LogP contribution in [-0.4, -0.2) is 71.2 Å². The molecule has 1 aromatic carbocycles. The van der Waals surface area contributed by atoms with Crippen LogP contribution < -0.4 is 22.1 Å². The van der Waals surface area contributed by atoms with Crippen molar-refractivity contribution in [2.75, 3.05) is 13.1 Å². The number of nitrogens with one attached hydrogen (secondary N) is 2. The van der Waals surface area contributed by atoms with Crippen molar-refractivity contribution < 1.29 is 24.3 Å². The van der Waals surface area contributed by atoms with Crippen LogP contribution in [0.3, 0.4) is 0 Å². The lowest BCUT2D eigenvalue weighted by Gasteiger charge is -2.29. The highest BCUT2D eigenvalue weighted by Gasteiger charge is 2.41. The first-order valence-electron chi connectivity index (χ1n) is 13.3. The zero-order valence-corrected chi connectivity index (χ0v) is 22.4. The Morgan fingerprint density at radius 2 is 1.87 bits per heavy atom. The molecule has 0 radical (unpaired) electrons. The van der Waals surface area contributed by atoms with Gasteiger partial charge in [0.05, 0.1) is 6.04 Å². The Kier molecular flexibility index (Phi) is 12.5. The number of unbranched alkanes of at least 4 members (excludes halogenated alkanes) is 2. The van der Waals surface area contributed by atoms with Crippen molar-refractivity contribution in [3.8, 4) is 5.75 Å². The number of nitrogens with two attached hydrogens (primary N) is 2. The predicted molar refractivity (Wildman–Crippen MR) is 145 cm³/mol. The number of benzene rings is 1. The molecule has 7 N–H and O–H groups in total. The number of hydrogen-bond acceptors (Lipinski definition) is 6. The summed E-state index contributed by atoms with van der Waals surface area (Å²) in [6.07, 6.45) is 5.14. The number of guanidine groups is 1. The molecule has 38 heavy (non-hydrogen) atoms. The van der Waals surface area contributed by atoms with E-state index >= 15 is 0 Å². The van der Waals surface area contributed by atoms with Gasteiger partial charge in [-0.3, -0.25) is 19.4 Å². The molecule has 1 heterocycles. The highest BCUT2D eigenvalue weighted by atomic mass is 16.3. The molecule has 1 fully saturated rings. The second-order valence-electron chi connectivity index (χ2n) is 10.00. The monoisotopic (exact) mass is 530 g/mol. The van der Waals surface area contributed by atoms with Gasteiger partial charge in [0.15, 0.2) is 5.96 Å². The maximum atomic E-state index is 13.7. The minimum absolute atomic E-state index is 0.0369. The third-order valence-corrected chi connectivity index (χ3v) is 6.57. The summed E-state index contributed by atoms with van der Waals surface area (Å²) in [6.45, 7) is 4.71. The minimum Gasteiger partial charge on any atom is -0.508 e. The Balaban J connectivity index is 2.14. The molecular weight excluding hydrogens is 488 g/mol. The first-order valence-corrected chi connectivity index (χ1v) is 13.3. The molecule has 1 aliphatic heterocycles. The fraction of sp³-hybridized carbons (Fsp3) is 0.593. The molecule has 1 aromatic rings. The zero-order chi connectivity index (χ0) is 28.1. The highest BCUT2D eigenvalue weighted by Crippen LogP contribution is 2.25. The van der Waals surface area contributed by atoms with Crippen LogP contribution in [0.2, 0.25) is 0 Å². The van der Waals surface area contributed by atoms with Gasteiger partial charge in [-0.25, -0.2) is 0 Å². The first kappa shape index (κ1) is 30.6. The van der Waals surface area contributed by atoms with Crippen molar-refractivity contribution in [2.45, 2.75) is 83.3 Å². The molecule has 0 aliphatic carbocycles. The fourth-order valence-corrected chi connectivity index (χ4v) is 4.58. The van der Waals surface area contributed by atoms with E-state index in [1.165, 1.54) is 17.0 Å². The van der Waals surface area contributed by atoms with Gasteiger partial charge in [-0.1, -0.05) is 38.8 Å². The summed E-state index contributed by atoms with van der Waals surface area (Å²) in [4.78, 5) is 56.6. The van der Waals surface area contributed by atoms with E-state index in [0.717, 1.165) is 24.8 Å². The lowest BCUT2D eigenvalue weighted by atomic mass is 10.0. The summed E-state index contributed by atoms with van der Waals surface area (Å²) >= 11 is 0. The Morgan fingerprint density at radius 3 is 2.50 bits per heavy atom. The summed E-state index contributed by atoms with van der Waals surface area (Å²) in [7, 11) is 0. The van der Waals surface area contributed by atoms with Gasteiger partial charge in [0.1, 0.15) is 24.1 Å². The number of nitrogens with zero attached hydrogens (tertiary/aromatic N) is 2. The van der Waals surface area contributed by atoms with Gasteiger partial charge in [-0.05, 0) is 49.3 Å². The van der Waals surface area contributed by atoms with Gasteiger partial charge in [0.25, 0.3) is 0 Å². The van der Waals surface area contributed by atoms with Crippen LogP contribution in [0.5, 0.6) is 5.75 Å². The number of aliphatic imine (C=N–C) groups is 1.